The van der Waals surface area contributed by atoms with Crippen LogP contribution in [0.2, 0.25) is 0 Å². The van der Waals surface area contributed by atoms with Gasteiger partial charge in [-0.15, -0.1) is 0 Å². The number of halogens is 1. The zero-order valence-corrected chi connectivity index (χ0v) is 24.4. The highest BCUT2D eigenvalue weighted by molar-refractivity contribution is 9.10. The molecule has 1 atom stereocenters. The lowest BCUT2D eigenvalue weighted by molar-refractivity contribution is -0.132. The van der Waals surface area contributed by atoms with E-state index >= 15 is 0 Å². The molecule has 0 bridgehead atoms. The van der Waals surface area contributed by atoms with Gasteiger partial charge in [0.2, 0.25) is 0 Å². The second-order valence-corrected chi connectivity index (χ2v) is 10.8. The number of phenols is 1. The first-order valence-corrected chi connectivity index (χ1v) is 13.8. The van der Waals surface area contributed by atoms with E-state index in [0.29, 0.717) is 22.6 Å². The number of imidazole rings is 1. The van der Waals surface area contributed by atoms with E-state index in [1.54, 1.807) is 42.6 Å². The quantitative estimate of drug-likeness (QED) is 0.0954. The highest BCUT2D eigenvalue weighted by atomic mass is 79.9. The lowest BCUT2D eigenvalue weighted by Gasteiger charge is -2.24. The van der Waals surface area contributed by atoms with Gasteiger partial charge in [-0.3, -0.25) is 18.9 Å². The minimum Gasteiger partial charge on any atom is -0.505 e. The predicted molar refractivity (Wildman–Crippen MR) is 154 cm³/mol. The van der Waals surface area contributed by atoms with Crippen LogP contribution in [-0.4, -0.2) is 56.0 Å². The van der Waals surface area contributed by atoms with Crippen LogP contribution < -0.4 is 9.64 Å². The van der Waals surface area contributed by atoms with Crippen LogP contribution in [0.25, 0.3) is 11.4 Å². The summed E-state index contributed by atoms with van der Waals surface area (Å²) in [7, 11) is 1.36. The van der Waals surface area contributed by atoms with Gasteiger partial charge in [0, 0.05) is 6.20 Å². The zero-order valence-electron chi connectivity index (χ0n) is 22.0. The molecule has 0 spiro atoms. The fourth-order valence-electron chi connectivity index (χ4n) is 4.65. The number of methoxy groups -OCH3 is 1. The number of Topliss-reactive ketones (excluding diaryl/α,β-unsaturated/α-hetero) is 1. The Morgan fingerprint density at radius 1 is 1.22 bits per heavy atom. The molecule has 1 amide bonds. The van der Waals surface area contributed by atoms with Gasteiger partial charge in [-0.05, 0) is 59.6 Å². The van der Waals surface area contributed by atoms with E-state index in [1.165, 1.54) is 25.3 Å². The number of ketones is 1. The third-order valence-electron chi connectivity index (χ3n) is 6.47. The first-order chi connectivity index (χ1) is 19.6. The van der Waals surface area contributed by atoms with E-state index in [4.69, 9.17) is 9.47 Å². The molecule has 0 radical (unpaired) electrons. The fourth-order valence-corrected chi connectivity index (χ4v) is 6.10. The molecule has 1 fully saturated rings. The highest BCUT2D eigenvalue weighted by Gasteiger charge is 2.49. The summed E-state index contributed by atoms with van der Waals surface area (Å²) in [6.07, 6.45) is 3.10. The Hall–Kier alpha value is -4.49. The van der Waals surface area contributed by atoms with Gasteiger partial charge in [-0.1, -0.05) is 30.1 Å². The number of phenolic OH excluding ortho intramolecular Hbond substituents is 1. The van der Waals surface area contributed by atoms with Crippen LogP contribution >= 0.6 is 27.3 Å². The van der Waals surface area contributed by atoms with Crippen molar-refractivity contribution in [2.75, 3.05) is 18.6 Å². The monoisotopic (exact) mass is 638 g/mol. The Morgan fingerprint density at radius 3 is 2.68 bits per heavy atom. The molecule has 1 saturated heterocycles. The Kier molecular flexibility index (Phi) is 7.41. The van der Waals surface area contributed by atoms with Crippen molar-refractivity contribution in [1.29, 1.82) is 0 Å². The molecule has 1 unspecified atom stereocenters. The van der Waals surface area contributed by atoms with Gasteiger partial charge in [0.1, 0.15) is 22.8 Å². The molecule has 4 aromatic rings. The molecular weight excluding hydrogens is 616 g/mol. The van der Waals surface area contributed by atoms with Crippen molar-refractivity contribution in [3.63, 3.8) is 0 Å². The number of aromatic nitrogens is 3. The third-order valence-corrected chi connectivity index (χ3v) is 8.21. The summed E-state index contributed by atoms with van der Waals surface area (Å²) in [6.45, 7) is 6.77. The number of aliphatic hydroxyl groups excluding tert-OH is 1. The van der Waals surface area contributed by atoms with Crippen LogP contribution in [0.4, 0.5) is 5.13 Å². The number of esters is 1. The first kappa shape index (κ1) is 28.1. The number of hydrogen-bond acceptors (Lipinski definition) is 10. The Balaban J connectivity index is 1.77. The van der Waals surface area contributed by atoms with Crippen LogP contribution in [0.15, 0.2) is 59.2 Å². The number of anilines is 1. The van der Waals surface area contributed by atoms with Crippen molar-refractivity contribution < 1.29 is 34.1 Å². The van der Waals surface area contributed by atoms with Gasteiger partial charge in [0.15, 0.2) is 22.4 Å². The molecule has 13 heteroatoms. The number of pyridine rings is 1. The SMILES string of the molecule is C=CCOC(=O)c1sc(N2C(=O)C(=O)/C(=C(/O)c3c(C)nc4ccccn34)C2c2cc(Br)c(O)c(OC)c2)nc1C. The van der Waals surface area contributed by atoms with E-state index in [9.17, 15) is 24.6 Å². The molecule has 0 aliphatic carbocycles. The van der Waals surface area contributed by atoms with E-state index in [-0.39, 0.29) is 43.9 Å². The van der Waals surface area contributed by atoms with E-state index in [1.807, 2.05) is 0 Å². The van der Waals surface area contributed by atoms with Crippen LogP contribution in [0, 0.1) is 13.8 Å². The van der Waals surface area contributed by atoms with E-state index in [2.05, 4.69) is 32.5 Å². The molecule has 0 saturated carbocycles. The summed E-state index contributed by atoms with van der Waals surface area (Å²) in [5, 5.41) is 22.2. The van der Waals surface area contributed by atoms with E-state index in [0.717, 1.165) is 16.2 Å². The summed E-state index contributed by atoms with van der Waals surface area (Å²) in [5.74, 6) is -3.17. The van der Waals surface area contributed by atoms with Crippen molar-refractivity contribution in [3.8, 4) is 11.5 Å². The average molecular weight is 639 g/mol. The van der Waals surface area contributed by atoms with Crippen LogP contribution in [0.5, 0.6) is 11.5 Å². The Bertz CT molecular complexity index is 1790. The topological polar surface area (TPSA) is 144 Å². The number of benzene rings is 1. The standard InChI is InChI=1S/C28H23BrN4O7S/c1-5-10-40-27(38)25-14(3)31-28(41-25)33-21(15-11-16(29)22(34)17(12-15)39-4)19(24(36)26(33)37)23(35)20-13(2)30-18-8-6-7-9-32(18)20/h5-9,11-12,21,34-35H,1,10H2,2-4H3/b23-19+. The Labute approximate surface area is 246 Å². The minimum atomic E-state index is -1.21. The maximum Gasteiger partial charge on any atom is 0.350 e. The molecule has 1 aliphatic heterocycles. The van der Waals surface area contributed by atoms with Crippen LogP contribution in [-0.2, 0) is 14.3 Å². The molecule has 1 aliphatic rings. The van der Waals surface area contributed by atoms with Gasteiger partial charge >= 0.3 is 11.9 Å². The third kappa shape index (κ3) is 4.66. The molecule has 5 rings (SSSR count). The number of ether oxygens (including phenoxy) is 2. The predicted octanol–water partition coefficient (Wildman–Crippen LogP) is 4.85. The second-order valence-electron chi connectivity index (χ2n) is 9.00. The number of nitrogens with zero attached hydrogens (tertiary/aromatic N) is 4. The van der Waals surface area contributed by atoms with Gasteiger partial charge in [0.05, 0.1) is 34.6 Å². The molecule has 41 heavy (non-hydrogen) atoms. The average Bonchev–Trinajstić information content (AvgIpc) is 3.58. The summed E-state index contributed by atoms with van der Waals surface area (Å²) < 4.78 is 12.3. The molecule has 4 heterocycles. The number of aryl methyl sites for hydroxylation is 2. The smallest absolute Gasteiger partial charge is 0.350 e. The maximum atomic E-state index is 13.7. The molecule has 11 nitrogen and oxygen atoms in total. The Morgan fingerprint density at radius 2 is 1.98 bits per heavy atom. The number of thiazole rings is 1. The summed E-state index contributed by atoms with van der Waals surface area (Å²) in [5.41, 5.74) is 1.58. The number of aliphatic hydroxyl groups is 1. The van der Waals surface area contributed by atoms with Gasteiger partial charge in [-0.25, -0.2) is 14.8 Å². The summed E-state index contributed by atoms with van der Waals surface area (Å²) >= 11 is 4.17. The minimum absolute atomic E-state index is 0.0178. The number of rotatable bonds is 7. The van der Waals surface area contributed by atoms with Crippen LogP contribution in [0.1, 0.15) is 38.4 Å². The van der Waals surface area contributed by atoms with Crippen molar-refractivity contribution >= 4 is 61.5 Å². The van der Waals surface area contributed by atoms with Crippen molar-refractivity contribution in [3.05, 3.63) is 86.8 Å². The van der Waals surface area contributed by atoms with Crippen molar-refractivity contribution in [1.82, 2.24) is 14.4 Å². The number of amides is 1. The normalized spacial score (nSPS) is 16.4. The molecule has 3 aromatic heterocycles. The fraction of sp³-hybridized carbons (Fsp3) is 0.179. The van der Waals surface area contributed by atoms with Gasteiger partial charge < -0.3 is 19.7 Å². The first-order valence-electron chi connectivity index (χ1n) is 12.2. The summed E-state index contributed by atoms with van der Waals surface area (Å²) in [6, 6.07) is 7.03. The molecule has 210 valence electrons. The van der Waals surface area contributed by atoms with Gasteiger partial charge in [0.25, 0.3) is 5.78 Å². The lowest BCUT2D eigenvalue weighted by atomic mass is 9.96. The largest absolute Gasteiger partial charge is 0.505 e. The number of aromatic hydroxyl groups is 1. The molecular formula is C28H23BrN4O7S. The number of carbonyl (C=O) groups excluding carboxylic acids is 3. The maximum absolute atomic E-state index is 13.7. The zero-order chi connectivity index (χ0) is 29.6. The van der Waals surface area contributed by atoms with Crippen LogP contribution in [0.3, 0.4) is 0 Å². The molecule has 2 N–H and O–H groups in total. The number of fused-ring (bicyclic) bond motifs is 1. The molecule has 1 aromatic carbocycles. The second kappa shape index (κ2) is 10.8. The van der Waals surface area contributed by atoms with Crippen molar-refractivity contribution in [2.24, 2.45) is 0 Å². The number of hydrogen-bond donors (Lipinski definition) is 2. The highest BCUT2D eigenvalue weighted by Crippen LogP contribution is 2.47. The number of carbonyl (C=O) groups is 3. The van der Waals surface area contributed by atoms with Gasteiger partial charge in [-0.2, -0.15) is 0 Å². The lowest BCUT2D eigenvalue weighted by Crippen LogP contribution is -2.29. The van der Waals surface area contributed by atoms with Crippen molar-refractivity contribution in [2.45, 2.75) is 19.9 Å². The van der Waals surface area contributed by atoms with E-state index < -0.39 is 29.5 Å². The summed E-state index contributed by atoms with van der Waals surface area (Å²) in [4.78, 5) is 50.1.